The van der Waals surface area contributed by atoms with Gasteiger partial charge in [0.15, 0.2) is 0 Å². The maximum absolute atomic E-state index is 14.1. The molecule has 2 aliphatic heterocycles. The highest BCUT2D eigenvalue weighted by molar-refractivity contribution is 6.30. The Kier molecular flexibility index (Phi) is 10.6. The SMILES string of the molecule is O=C(NCC1CCCCC1)c1ccccc1N1CCN(C(=O)[C@@H](Cc2ccc(Cl)cc2)NC(=O)C2N[CH]Cc3ccccc32)CC1. The van der Waals surface area contributed by atoms with Crippen LogP contribution in [0.3, 0.4) is 0 Å². The fraction of sp³-hybridized carbons (Fsp3) is 0.405. The Morgan fingerprint density at radius 3 is 2.37 bits per heavy atom. The van der Waals surface area contributed by atoms with Crippen LogP contribution in [0, 0.1) is 12.5 Å². The molecule has 1 saturated carbocycles. The van der Waals surface area contributed by atoms with Crippen LogP contribution in [0.1, 0.15) is 65.2 Å². The zero-order valence-electron chi connectivity index (χ0n) is 26.2. The fourth-order valence-electron chi connectivity index (χ4n) is 6.96. The van der Waals surface area contributed by atoms with E-state index in [1.165, 1.54) is 32.1 Å². The third-order valence-electron chi connectivity index (χ3n) is 9.56. The molecule has 3 N–H and O–H groups in total. The van der Waals surface area contributed by atoms with Crippen molar-refractivity contribution in [3.05, 3.63) is 107 Å². The summed E-state index contributed by atoms with van der Waals surface area (Å²) in [6.07, 6.45) is 7.23. The topological polar surface area (TPSA) is 93.8 Å². The molecule has 1 unspecified atom stereocenters. The monoisotopic (exact) mass is 640 g/mol. The number of benzene rings is 3. The smallest absolute Gasteiger partial charge is 0.253 e. The minimum atomic E-state index is -0.742. The van der Waals surface area contributed by atoms with Crippen molar-refractivity contribution in [2.24, 2.45) is 5.92 Å². The van der Waals surface area contributed by atoms with E-state index in [4.69, 9.17) is 11.6 Å². The van der Waals surface area contributed by atoms with Gasteiger partial charge in [-0.1, -0.05) is 79.4 Å². The fourth-order valence-corrected chi connectivity index (χ4v) is 7.09. The lowest BCUT2D eigenvalue weighted by Gasteiger charge is -2.38. The van der Waals surface area contributed by atoms with Crippen LogP contribution in [0.25, 0.3) is 0 Å². The van der Waals surface area contributed by atoms with E-state index in [-0.39, 0.29) is 17.7 Å². The Bertz CT molecular complexity index is 1520. The van der Waals surface area contributed by atoms with Gasteiger partial charge in [-0.3, -0.25) is 19.7 Å². The lowest BCUT2D eigenvalue weighted by Crippen LogP contribution is -2.57. The van der Waals surface area contributed by atoms with Gasteiger partial charge in [-0.2, -0.15) is 0 Å². The summed E-state index contributed by atoms with van der Waals surface area (Å²) >= 11 is 6.13. The van der Waals surface area contributed by atoms with E-state index in [9.17, 15) is 14.4 Å². The minimum Gasteiger partial charge on any atom is -0.367 e. The number of para-hydroxylation sites is 1. The van der Waals surface area contributed by atoms with Crippen LogP contribution >= 0.6 is 11.6 Å². The molecule has 46 heavy (non-hydrogen) atoms. The molecule has 6 rings (SSSR count). The molecule has 1 radical (unpaired) electrons. The Labute approximate surface area is 276 Å². The number of carbonyl (C=O) groups excluding carboxylic acids is 3. The molecule has 0 aromatic heterocycles. The second-order valence-corrected chi connectivity index (χ2v) is 13.1. The first-order chi connectivity index (χ1) is 22.5. The van der Waals surface area contributed by atoms with Gasteiger partial charge in [-0.25, -0.2) is 0 Å². The number of piperazine rings is 1. The van der Waals surface area contributed by atoms with Crippen LogP contribution < -0.4 is 20.9 Å². The number of fused-ring (bicyclic) bond motifs is 1. The molecule has 8 nitrogen and oxygen atoms in total. The van der Waals surface area contributed by atoms with Crippen molar-refractivity contribution in [2.45, 2.75) is 57.0 Å². The lowest BCUT2D eigenvalue weighted by molar-refractivity contribution is -0.137. The molecule has 3 amide bonds. The summed E-state index contributed by atoms with van der Waals surface area (Å²) in [5, 5.41) is 10.1. The zero-order valence-corrected chi connectivity index (χ0v) is 27.0. The van der Waals surface area contributed by atoms with Crippen LogP contribution in [0.15, 0.2) is 72.8 Å². The Balaban J connectivity index is 1.12. The van der Waals surface area contributed by atoms with Crippen LogP contribution in [-0.2, 0) is 22.4 Å². The number of rotatable bonds is 9. The maximum atomic E-state index is 14.1. The number of carbonyl (C=O) groups is 3. The van der Waals surface area contributed by atoms with E-state index in [2.05, 4.69) is 20.9 Å². The minimum absolute atomic E-state index is 0.0411. The number of amides is 3. The van der Waals surface area contributed by atoms with Gasteiger partial charge >= 0.3 is 0 Å². The van der Waals surface area contributed by atoms with E-state index in [0.29, 0.717) is 49.1 Å². The molecular formula is C37H43ClN5O3. The third-order valence-corrected chi connectivity index (χ3v) is 9.81. The molecule has 1 aliphatic carbocycles. The van der Waals surface area contributed by atoms with Crippen LogP contribution in [-0.4, -0.2) is 61.4 Å². The normalized spacial score (nSPS) is 19.2. The average molecular weight is 641 g/mol. The summed E-state index contributed by atoms with van der Waals surface area (Å²) < 4.78 is 0. The molecule has 0 bridgehead atoms. The molecule has 0 spiro atoms. The summed E-state index contributed by atoms with van der Waals surface area (Å²) in [5.74, 6) is 0.167. The van der Waals surface area contributed by atoms with Crippen molar-refractivity contribution in [3.63, 3.8) is 0 Å². The molecule has 3 aromatic rings. The summed E-state index contributed by atoms with van der Waals surface area (Å²) in [5.41, 5.74) is 4.50. The Hall–Kier alpha value is -3.88. The summed E-state index contributed by atoms with van der Waals surface area (Å²) in [4.78, 5) is 45.0. The quantitative estimate of drug-likeness (QED) is 0.304. The first kappa shape index (κ1) is 32.1. The van der Waals surface area contributed by atoms with Crippen LogP contribution in [0.2, 0.25) is 5.02 Å². The van der Waals surface area contributed by atoms with Crippen molar-refractivity contribution < 1.29 is 14.4 Å². The van der Waals surface area contributed by atoms with E-state index in [0.717, 1.165) is 35.3 Å². The van der Waals surface area contributed by atoms with Crippen LogP contribution in [0.5, 0.6) is 0 Å². The molecule has 3 aliphatic rings. The molecule has 2 heterocycles. The number of hydrogen-bond acceptors (Lipinski definition) is 5. The summed E-state index contributed by atoms with van der Waals surface area (Å²) in [6.45, 7) is 4.77. The molecule has 241 valence electrons. The van der Waals surface area contributed by atoms with Gasteiger partial charge < -0.3 is 20.4 Å². The molecule has 2 atom stereocenters. The average Bonchev–Trinajstić information content (AvgIpc) is 3.11. The lowest BCUT2D eigenvalue weighted by atomic mass is 9.89. The van der Waals surface area contributed by atoms with Gasteiger partial charge in [0.25, 0.3) is 5.91 Å². The van der Waals surface area contributed by atoms with Gasteiger partial charge in [0.1, 0.15) is 12.1 Å². The van der Waals surface area contributed by atoms with Crippen molar-refractivity contribution in [1.82, 2.24) is 20.9 Å². The third kappa shape index (κ3) is 7.73. The summed E-state index contributed by atoms with van der Waals surface area (Å²) in [6, 6.07) is 21.7. The van der Waals surface area contributed by atoms with Gasteiger partial charge in [0.05, 0.1) is 5.56 Å². The maximum Gasteiger partial charge on any atom is 0.253 e. The Morgan fingerprint density at radius 2 is 1.59 bits per heavy atom. The first-order valence-corrected chi connectivity index (χ1v) is 17.0. The van der Waals surface area contributed by atoms with Crippen LogP contribution in [0.4, 0.5) is 5.69 Å². The number of anilines is 1. The predicted octanol–water partition coefficient (Wildman–Crippen LogP) is 5.07. The highest BCUT2D eigenvalue weighted by Gasteiger charge is 2.33. The van der Waals surface area contributed by atoms with Crippen molar-refractivity contribution in [2.75, 3.05) is 37.6 Å². The first-order valence-electron chi connectivity index (χ1n) is 16.6. The second-order valence-electron chi connectivity index (χ2n) is 12.6. The summed E-state index contributed by atoms with van der Waals surface area (Å²) in [7, 11) is 0. The number of nitrogens with one attached hydrogen (secondary N) is 3. The number of hydrogen-bond donors (Lipinski definition) is 3. The number of nitrogens with zero attached hydrogens (tertiary/aromatic N) is 2. The highest BCUT2D eigenvalue weighted by Crippen LogP contribution is 2.27. The highest BCUT2D eigenvalue weighted by atomic mass is 35.5. The van der Waals surface area contributed by atoms with Gasteiger partial charge in [0.2, 0.25) is 11.8 Å². The predicted molar refractivity (Wildman–Crippen MR) is 182 cm³/mol. The molecule has 2 fully saturated rings. The van der Waals surface area contributed by atoms with Gasteiger partial charge in [-0.05, 0) is 66.1 Å². The largest absolute Gasteiger partial charge is 0.367 e. The van der Waals surface area contributed by atoms with Crippen molar-refractivity contribution >= 4 is 35.0 Å². The molecule has 9 heteroatoms. The van der Waals surface area contributed by atoms with E-state index in [1.54, 1.807) is 12.1 Å². The molecular weight excluding hydrogens is 598 g/mol. The van der Waals surface area contributed by atoms with Crippen molar-refractivity contribution in [3.8, 4) is 0 Å². The number of halogens is 1. The van der Waals surface area contributed by atoms with E-state index < -0.39 is 12.1 Å². The molecule has 3 aromatic carbocycles. The standard InChI is InChI=1S/C37H43ClN5O3/c38-29-16-14-26(15-17-29)24-32(41-36(45)34-30-11-5-4-10-28(30)18-19-39-34)37(46)43-22-20-42(21-23-43)33-13-7-6-12-31(33)35(44)40-25-27-8-2-1-3-9-27/h4-7,10-17,19,27,32,34,39H,1-3,8-9,18,20-25H2,(H,40,44)(H,41,45)/t32-,34?/m1/s1. The Morgan fingerprint density at radius 1 is 0.870 bits per heavy atom. The van der Waals surface area contributed by atoms with E-state index >= 15 is 0 Å². The van der Waals surface area contributed by atoms with E-state index in [1.807, 2.05) is 72.1 Å². The van der Waals surface area contributed by atoms with Gasteiger partial charge in [0, 0.05) is 56.4 Å². The molecule has 1 saturated heterocycles. The second kappa shape index (κ2) is 15.1. The zero-order chi connectivity index (χ0) is 31.9. The van der Waals surface area contributed by atoms with Crippen molar-refractivity contribution in [1.29, 1.82) is 0 Å². The van der Waals surface area contributed by atoms with Gasteiger partial charge in [-0.15, -0.1) is 0 Å².